The quantitative estimate of drug-likeness (QED) is 0.711. The lowest BCUT2D eigenvalue weighted by Gasteiger charge is -2.05. The number of hydrogen-bond acceptors (Lipinski definition) is 2. The van der Waals surface area contributed by atoms with Crippen molar-refractivity contribution in [3.8, 4) is 0 Å². The number of carbonyl (C=O) groups is 1. The Kier molecular flexibility index (Phi) is 4.48. The third kappa shape index (κ3) is 3.09. The molecular weight excluding hydrogens is 395 g/mol. The Morgan fingerprint density at radius 3 is 2.68 bits per heavy atom. The predicted molar refractivity (Wildman–Crippen MR) is 82.8 cm³/mol. The molecule has 1 aromatic heterocycles. The first-order valence-electron chi connectivity index (χ1n) is 5.56. The molecule has 0 aliphatic heterocycles. The van der Waals surface area contributed by atoms with Gasteiger partial charge in [0.05, 0.1) is 5.69 Å². The summed E-state index contributed by atoms with van der Waals surface area (Å²) in [5, 5.41) is 4.72. The molecule has 0 aliphatic rings. The molecular formula is C13H11Br2ClN2O. The van der Waals surface area contributed by atoms with Gasteiger partial charge in [-0.25, -0.2) is 0 Å². The minimum Gasteiger partial charge on any atom is -0.294 e. The molecule has 0 radical (unpaired) electrons. The molecule has 0 saturated carbocycles. The summed E-state index contributed by atoms with van der Waals surface area (Å²) in [6.07, 6.45) is 0.244. The molecule has 3 nitrogen and oxygen atoms in total. The molecule has 0 fully saturated rings. The first-order valence-corrected chi connectivity index (χ1v) is 7.52. The van der Waals surface area contributed by atoms with Gasteiger partial charge >= 0.3 is 0 Å². The summed E-state index contributed by atoms with van der Waals surface area (Å²) < 4.78 is 3.22. The van der Waals surface area contributed by atoms with E-state index in [-0.39, 0.29) is 12.2 Å². The number of hydrogen-bond donors (Lipinski definition) is 0. The molecule has 0 atom stereocenters. The second kappa shape index (κ2) is 5.77. The smallest absolute Gasteiger partial charge is 0.168 e. The first kappa shape index (κ1) is 14.8. The van der Waals surface area contributed by atoms with Gasteiger partial charge in [-0.2, -0.15) is 5.10 Å². The van der Waals surface area contributed by atoms with Crippen molar-refractivity contribution in [3.63, 3.8) is 0 Å². The normalized spacial score (nSPS) is 10.8. The fourth-order valence-corrected chi connectivity index (χ4v) is 2.91. The zero-order valence-corrected chi connectivity index (χ0v) is 14.3. The molecule has 1 heterocycles. The summed E-state index contributed by atoms with van der Waals surface area (Å²) in [5.74, 6) is 0.00572. The molecule has 1 aromatic carbocycles. The number of halogens is 3. The molecule has 0 spiro atoms. The lowest BCUT2D eigenvalue weighted by Crippen LogP contribution is -2.05. The Morgan fingerprint density at radius 1 is 1.42 bits per heavy atom. The van der Waals surface area contributed by atoms with Crippen molar-refractivity contribution in [1.82, 2.24) is 9.78 Å². The van der Waals surface area contributed by atoms with E-state index in [1.165, 1.54) is 0 Å². The van der Waals surface area contributed by atoms with E-state index in [0.717, 1.165) is 20.2 Å². The van der Waals surface area contributed by atoms with Crippen molar-refractivity contribution < 1.29 is 4.79 Å². The Bertz CT molecular complexity index is 652. The van der Waals surface area contributed by atoms with Crippen molar-refractivity contribution in [2.24, 2.45) is 7.05 Å². The van der Waals surface area contributed by atoms with Crippen LogP contribution in [0.25, 0.3) is 0 Å². The number of rotatable bonds is 3. The third-order valence-corrected chi connectivity index (χ3v) is 4.49. The van der Waals surface area contributed by atoms with Gasteiger partial charge in [0.2, 0.25) is 0 Å². The number of aryl methyl sites for hydroxylation is 2. The van der Waals surface area contributed by atoms with Gasteiger partial charge in [0, 0.05) is 33.5 Å². The highest BCUT2D eigenvalue weighted by molar-refractivity contribution is 9.11. The van der Waals surface area contributed by atoms with Gasteiger partial charge in [-0.05, 0) is 25.1 Å². The molecule has 0 N–H and O–H groups in total. The van der Waals surface area contributed by atoms with Crippen LogP contribution in [0, 0.1) is 6.92 Å². The molecule has 0 unspecified atom stereocenters. The minimum absolute atomic E-state index is 0.00572. The number of nitrogens with zero attached hydrogens (tertiary/aromatic N) is 2. The second-order valence-electron chi connectivity index (χ2n) is 4.20. The zero-order valence-electron chi connectivity index (χ0n) is 10.4. The van der Waals surface area contributed by atoms with Crippen LogP contribution in [-0.2, 0) is 13.5 Å². The van der Waals surface area contributed by atoms with Gasteiger partial charge in [-0.3, -0.25) is 9.48 Å². The maximum absolute atomic E-state index is 12.4. The van der Waals surface area contributed by atoms with E-state index < -0.39 is 0 Å². The number of Topliss-reactive ketones (excluding diaryl/α,β-unsaturated/α-hetero) is 1. The summed E-state index contributed by atoms with van der Waals surface area (Å²) in [6.45, 7) is 1.85. The van der Waals surface area contributed by atoms with E-state index in [1.807, 2.05) is 19.1 Å². The Hall–Kier alpha value is -0.650. The number of benzene rings is 1. The molecule has 2 rings (SSSR count). The maximum Gasteiger partial charge on any atom is 0.168 e. The van der Waals surface area contributed by atoms with E-state index in [4.69, 9.17) is 11.6 Å². The molecule has 0 bridgehead atoms. The summed E-state index contributed by atoms with van der Waals surface area (Å²) in [4.78, 5) is 12.4. The van der Waals surface area contributed by atoms with Gasteiger partial charge in [-0.15, -0.1) is 0 Å². The van der Waals surface area contributed by atoms with Crippen molar-refractivity contribution in [2.45, 2.75) is 13.3 Å². The highest BCUT2D eigenvalue weighted by atomic mass is 79.9. The van der Waals surface area contributed by atoms with Crippen molar-refractivity contribution in [2.75, 3.05) is 0 Å². The van der Waals surface area contributed by atoms with Crippen LogP contribution < -0.4 is 0 Å². The fourth-order valence-electron chi connectivity index (χ4n) is 1.84. The summed E-state index contributed by atoms with van der Waals surface area (Å²) in [5.41, 5.74) is 2.20. The minimum atomic E-state index is 0.00572. The third-order valence-electron chi connectivity index (χ3n) is 2.84. The first-order chi connectivity index (χ1) is 8.90. The van der Waals surface area contributed by atoms with Crippen molar-refractivity contribution in [3.05, 3.63) is 49.1 Å². The van der Waals surface area contributed by atoms with Crippen LogP contribution in [0.3, 0.4) is 0 Å². The van der Waals surface area contributed by atoms with Gasteiger partial charge in [0.15, 0.2) is 5.78 Å². The largest absolute Gasteiger partial charge is 0.294 e. The monoisotopic (exact) mass is 404 g/mol. The lowest BCUT2D eigenvalue weighted by atomic mass is 10.0. The van der Waals surface area contributed by atoms with E-state index in [2.05, 4.69) is 37.0 Å². The van der Waals surface area contributed by atoms with Crippen LogP contribution in [0.5, 0.6) is 0 Å². The lowest BCUT2D eigenvalue weighted by molar-refractivity contribution is 0.0992. The topological polar surface area (TPSA) is 34.9 Å². The second-order valence-corrected chi connectivity index (χ2v) is 6.33. The summed E-state index contributed by atoms with van der Waals surface area (Å²) in [7, 11) is 1.76. The highest BCUT2D eigenvalue weighted by Gasteiger charge is 2.17. The summed E-state index contributed by atoms with van der Waals surface area (Å²) in [6, 6.07) is 5.52. The Labute approximate surface area is 133 Å². The average molecular weight is 407 g/mol. The van der Waals surface area contributed by atoms with Gasteiger partial charge < -0.3 is 0 Å². The molecule has 100 valence electrons. The van der Waals surface area contributed by atoms with Crippen LogP contribution in [0.1, 0.15) is 21.6 Å². The Balaban J connectivity index is 2.33. The van der Waals surface area contributed by atoms with E-state index in [1.54, 1.807) is 17.8 Å². The summed E-state index contributed by atoms with van der Waals surface area (Å²) >= 11 is 12.9. The number of carbonyl (C=O) groups excluding carboxylic acids is 1. The molecule has 2 aromatic rings. The van der Waals surface area contributed by atoms with Crippen LogP contribution in [0.4, 0.5) is 0 Å². The zero-order chi connectivity index (χ0) is 14.2. The highest BCUT2D eigenvalue weighted by Crippen LogP contribution is 2.25. The van der Waals surface area contributed by atoms with Crippen molar-refractivity contribution >= 4 is 49.2 Å². The van der Waals surface area contributed by atoms with Crippen LogP contribution >= 0.6 is 43.5 Å². The van der Waals surface area contributed by atoms with E-state index in [9.17, 15) is 4.79 Å². The molecule has 0 saturated heterocycles. The van der Waals surface area contributed by atoms with Gasteiger partial charge in [0.1, 0.15) is 5.15 Å². The van der Waals surface area contributed by atoms with Crippen molar-refractivity contribution in [1.29, 1.82) is 0 Å². The van der Waals surface area contributed by atoms with E-state index in [0.29, 0.717) is 10.7 Å². The van der Waals surface area contributed by atoms with E-state index >= 15 is 0 Å². The molecule has 19 heavy (non-hydrogen) atoms. The molecule has 6 heteroatoms. The average Bonchev–Trinajstić information content (AvgIpc) is 2.59. The van der Waals surface area contributed by atoms with Crippen LogP contribution in [0.15, 0.2) is 27.1 Å². The predicted octanol–water partition coefficient (Wildman–Crippen LogP) is 4.33. The van der Waals surface area contributed by atoms with Crippen LogP contribution in [0.2, 0.25) is 5.15 Å². The fraction of sp³-hybridized carbons (Fsp3) is 0.231. The maximum atomic E-state index is 12.4. The molecule has 0 amide bonds. The standard InChI is InChI=1S/C13H11Br2ClN2O/c1-7-9(13(16)18(2)17-7)6-12(19)10-5-8(14)3-4-11(10)15/h3-5H,6H2,1-2H3. The SMILES string of the molecule is Cc1nn(C)c(Cl)c1CC(=O)c1cc(Br)ccc1Br. The number of ketones is 1. The Morgan fingerprint density at radius 2 is 2.11 bits per heavy atom. The number of aromatic nitrogens is 2. The van der Waals surface area contributed by atoms with Gasteiger partial charge in [-0.1, -0.05) is 43.5 Å². The van der Waals surface area contributed by atoms with Crippen LogP contribution in [-0.4, -0.2) is 15.6 Å². The molecule has 0 aliphatic carbocycles. The van der Waals surface area contributed by atoms with Gasteiger partial charge in [0.25, 0.3) is 0 Å².